The minimum atomic E-state index is 0. The van der Waals surface area contributed by atoms with E-state index in [0.29, 0.717) is 0 Å². The van der Waals surface area contributed by atoms with Gasteiger partial charge in [0.05, 0.1) is 5.01 Å². The minimum absolute atomic E-state index is 0. The molecule has 5 nitrogen and oxygen atoms in total. The molecule has 2 heterocycles. The van der Waals surface area contributed by atoms with Crippen LogP contribution >= 0.6 is 35.3 Å². The molecular formula is C21H32IN5S. The molecule has 1 N–H and O–H groups in total. The summed E-state index contributed by atoms with van der Waals surface area (Å²) in [5.74, 6) is 1.04. The summed E-state index contributed by atoms with van der Waals surface area (Å²) in [5, 5.41) is 4.63. The van der Waals surface area contributed by atoms with Crippen molar-refractivity contribution in [2.24, 2.45) is 4.99 Å². The van der Waals surface area contributed by atoms with Crippen LogP contribution in [0.1, 0.15) is 27.9 Å². The lowest BCUT2D eigenvalue weighted by atomic mass is 10.1. The lowest BCUT2D eigenvalue weighted by molar-refractivity contribution is 0.172. The zero-order valence-electron chi connectivity index (χ0n) is 17.1. The van der Waals surface area contributed by atoms with Crippen LogP contribution in [0.3, 0.4) is 0 Å². The SMILES string of the molecule is CCNC(=NCCc1ncc(C)s1)N1CCN(Cc2cccc(C)c2)CC1.I. The molecule has 0 aliphatic carbocycles. The highest BCUT2D eigenvalue weighted by Crippen LogP contribution is 2.12. The molecule has 0 spiro atoms. The van der Waals surface area contributed by atoms with Crippen LogP contribution in [-0.2, 0) is 13.0 Å². The van der Waals surface area contributed by atoms with E-state index in [1.54, 1.807) is 11.3 Å². The molecule has 0 atom stereocenters. The molecule has 0 saturated carbocycles. The van der Waals surface area contributed by atoms with Crippen LogP contribution in [0.4, 0.5) is 0 Å². The number of benzene rings is 1. The van der Waals surface area contributed by atoms with Gasteiger partial charge in [0.25, 0.3) is 0 Å². The third-order valence-electron chi connectivity index (χ3n) is 4.75. The first kappa shape index (κ1) is 23.1. The van der Waals surface area contributed by atoms with Gasteiger partial charge < -0.3 is 10.2 Å². The number of hydrogen-bond donors (Lipinski definition) is 1. The molecule has 2 aromatic rings. The van der Waals surface area contributed by atoms with Crippen molar-refractivity contribution in [3.8, 4) is 0 Å². The summed E-state index contributed by atoms with van der Waals surface area (Å²) in [4.78, 5) is 15.5. The molecule has 1 aromatic carbocycles. The standard InChI is InChI=1S/C21H31N5S.HI/c1-4-22-21(23-9-8-20-24-15-18(3)27-20)26-12-10-25(11-13-26)16-19-7-5-6-17(2)14-19;/h5-7,14-15H,4,8-13,16H2,1-3H3,(H,22,23);1H. The van der Waals surface area contributed by atoms with Crippen molar-refractivity contribution in [2.75, 3.05) is 39.3 Å². The second-order valence-corrected chi connectivity index (χ2v) is 8.42. The molecule has 154 valence electrons. The van der Waals surface area contributed by atoms with Gasteiger partial charge in [-0.3, -0.25) is 9.89 Å². The third-order valence-corrected chi connectivity index (χ3v) is 5.72. The molecule has 1 saturated heterocycles. The maximum absolute atomic E-state index is 4.84. The molecule has 3 rings (SSSR count). The predicted molar refractivity (Wildman–Crippen MR) is 130 cm³/mol. The van der Waals surface area contributed by atoms with E-state index in [-0.39, 0.29) is 24.0 Å². The summed E-state index contributed by atoms with van der Waals surface area (Å²) >= 11 is 1.77. The van der Waals surface area contributed by atoms with E-state index in [4.69, 9.17) is 4.99 Å². The van der Waals surface area contributed by atoms with Crippen LogP contribution in [0.5, 0.6) is 0 Å². The highest BCUT2D eigenvalue weighted by Gasteiger charge is 2.19. The second-order valence-electron chi connectivity index (χ2n) is 7.10. The number of guanidine groups is 1. The normalized spacial score (nSPS) is 15.4. The van der Waals surface area contributed by atoms with Crippen molar-refractivity contribution in [3.63, 3.8) is 0 Å². The molecule has 0 bridgehead atoms. The van der Waals surface area contributed by atoms with Crippen LogP contribution in [0.25, 0.3) is 0 Å². The van der Waals surface area contributed by atoms with E-state index in [2.05, 4.69) is 65.1 Å². The zero-order valence-corrected chi connectivity index (χ0v) is 20.3. The Balaban J connectivity index is 0.00000280. The van der Waals surface area contributed by atoms with E-state index in [1.807, 2.05) is 6.20 Å². The highest BCUT2D eigenvalue weighted by atomic mass is 127. The van der Waals surface area contributed by atoms with E-state index >= 15 is 0 Å². The first-order valence-electron chi connectivity index (χ1n) is 9.86. The molecular weight excluding hydrogens is 481 g/mol. The molecule has 1 aliphatic heterocycles. The Kier molecular flexibility index (Phi) is 9.67. The van der Waals surface area contributed by atoms with Gasteiger partial charge in [-0.05, 0) is 26.3 Å². The van der Waals surface area contributed by atoms with Crippen molar-refractivity contribution in [2.45, 2.75) is 33.7 Å². The van der Waals surface area contributed by atoms with Gasteiger partial charge >= 0.3 is 0 Å². The number of aliphatic imine (C=N–C) groups is 1. The summed E-state index contributed by atoms with van der Waals surface area (Å²) in [7, 11) is 0. The van der Waals surface area contributed by atoms with Crippen LogP contribution < -0.4 is 5.32 Å². The summed E-state index contributed by atoms with van der Waals surface area (Å²) in [6.07, 6.45) is 2.86. The van der Waals surface area contributed by atoms with Gasteiger partial charge in [-0.1, -0.05) is 29.8 Å². The number of rotatable bonds is 6. The minimum Gasteiger partial charge on any atom is -0.357 e. The molecule has 0 radical (unpaired) electrons. The topological polar surface area (TPSA) is 43.8 Å². The number of nitrogens with one attached hydrogen (secondary N) is 1. The zero-order chi connectivity index (χ0) is 19.1. The number of piperazine rings is 1. The van der Waals surface area contributed by atoms with Gasteiger partial charge in [0.15, 0.2) is 5.96 Å². The summed E-state index contributed by atoms with van der Waals surface area (Å²) in [6, 6.07) is 8.83. The highest BCUT2D eigenvalue weighted by molar-refractivity contribution is 14.0. The first-order valence-corrected chi connectivity index (χ1v) is 10.7. The lowest BCUT2D eigenvalue weighted by Gasteiger charge is -2.36. The maximum Gasteiger partial charge on any atom is 0.194 e. The first-order chi connectivity index (χ1) is 13.1. The Morgan fingerprint density at radius 1 is 1.21 bits per heavy atom. The average molecular weight is 513 g/mol. The van der Waals surface area contributed by atoms with Gasteiger partial charge in [0.2, 0.25) is 0 Å². The molecule has 0 unspecified atom stereocenters. The Morgan fingerprint density at radius 3 is 2.64 bits per heavy atom. The number of halogens is 1. The predicted octanol–water partition coefficient (Wildman–Crippen LogP) is 3.70. The lowest BCUT2D eigenvalue weighted by Crippen LogP contribution is -2.52. The molecule has 1 aromatic heterocycles. The fourth-order valence-electron chi connectivity index (χ4n) is 3.39. The Hall–Kier alpha value is -1.19. The van der Waals surface area contributed by atoms with E-state index in [0.717, 1.165) is 58.2 Å². The van der Waals surface area contributed by atoms with Crippen molar-refractivity contribution >= 4 is 41.3 Å². The maximum atomic E-state index is 4.84. The van der Waals surface area contributed by atoms with Crippen molar-refractivity contribution in [1.82, 2.24) is 20.1 Å². The number of aromatic nitrogens is 1. The fourth-order valence-corrected chi connectivity index (χ4v) is 4.16. The summed E-state index contributed by atoms with van der Waals surface area (Å²) < 4.78 is 0. The number of aryl methyl sites for hydroxylation is 2. The van der Waals surface area contributed by atoms with E-state index in [1.165, 1.54) is 21.0 Å². The molecule has 1 aliphatic rings. The Labute approximate surface area is 190 Å². The molecule has 0 amide bonds. The Morgan fingerprint density at radius 2 is 2.00 bits per heavy atom. The molecule has 7 heteroatoms. The number of hydrogen-bond acceptors (Lipinski definition) is 4. The van der Waals surface area contributed by atoms with Gasteiger partial charge in [0.1, 0.15) is 0 Å². The van der Waals surface area contributed by atoms with E-state index in [9.17, 15) is 0 Å². The smallest absolute Gasteiger partial charge is 0.194 e. The third kappa shape index (κ3) is 7.00. The van der Waals surface area contributed by atoms with Crippen molar-refractivity contribution < 1.29 is 0 Å². The van der Waals surface area contributed by atoms with Crippen molar-refractivity contribution in [3.05, 3.63) is 51.5 Å². The van der Waals surface area contributed by atoms with Crippen LogP contribution in [0, 0.1) is 13.8 Å². The van der Waals surface area contributed by atoms with Crippen LogP contribution in [-0.4, -0.2) is 60.0 Å². The van der Waals surface area contributed by atoms with Crippen LogP contribution in [0.15, 0.2) is 35.5 Å². The van der Waals surface area contributed by atoms with Gasteiger partial charge in [-0.15, -0.1) is 35.3 Å². The monoisotopic (exact) mass is 513 g/mol. The van der Waals surface area contributed by atoms with Crippen molar-refractivity contribution in [1.29, 1.82) is 0 Å². The van der Waals surface area contributed by atoms with Gasteiger partial charge in [-0.2, -0.15) is 0 Å². The van der Waals surface area contributed by atoms with Crippen LogP contribution in [0.2, 0.25) is 0 Å². The largest absolute Gasteiger partial charge is 0.357 e. The summed E-state index contributed by atoms with van der Waals surface area (Å²) in [6.45, 7) is 13.3. The van der Waals surface area contributed by atoms with Gasteiger partial charge in [-0.25, -0.2) is 4.98 Å². The quantitative estimate of drug-likeness (QED) is 0.364. The average Bonchev–Trinajstić information content (AvgIpc) is 3.07. The molecule has 1 fully saturated rings. The van der Waals surface area contributed by atoms with Gasteiger partial charge in [0, 0.05) is 63.3 Å². The number of thiazole rings is 1. The molecule has 28 heavy (non-hydrogen) atoms. The fraction of sp³-hybridized carbons (Fsp3) is 0.524. The Bertz CT molecular complexity index is 753. The second kappa shape index (κ2) is 11.7. The number of nitrogens with zero attached hydrogens (tertiary/aromatic N) is 4. The van der Waals surface area contributed by atoms with E-state index < -0.39 is 0 Å². The summed E-state index contributed by atoms with van der Waals surface area (Å²) in [5.41, 5.74) is 2.74.